The standard InChI is InChI=1S/C20H24N4OS/c1-2-14(9-11-25)22-19-17-15-7-3-4-8-16(15)26-20(17)24-18(23-19)13-6-5-10-21-12-13/h5-6,10,12,14,25H,2-4,7-9,11H2,1H3,(H,22,23,24). The third kappa shape index (κ3) is 3.31. The molecule has 26 heavy (non-hydrogen) atoms. The number of anilines is 1. The van der Waals surface area contributed by atoms with Crippen LogP contribution in [0.25, 0.3) is 21.6 Å². The Balaban J connectivity index is 1.86. The molecule has 1 aliphatic carbocycles. The van der Waals surface area contributed by atoms with Crippen molar-refractivity contribution >= 4 is 27.4 Å². The van der Waals surface area contributed by atoms with Gasteiger partial charge in [0.2, 0.25) is 0 Å². The molecule has 0 aromatic carbocycles. The van der Waals surface area contributed by atoms with Crippen LogP contribution in [0.2, 0.25) is 0 Å². The monoisotopic (exact) mass is 368 g/mol. The maximum atomic E-state index is 9.36. The molecule has 0 aliphatic heterocycles. The van der Waals surface area contributed by atoms with Gasteiger partial charge < -0.3 is 10.4 Å². The van der Waals surface area contributed by atoms with Gasteiger partial charge in [-0.1, -0.05) is 6.92 Å². The van der Waals surface area contributed by atoms with E-state index in [4.69, 9.17) is 9.97 Å². The number of fused-ring (bicyclic) bond motifs is 3. The fraction of sp³-hybridized carbons (Fsp3) is 0.450. The van der Waals surface area contributed by atoms with Gasteiger partial charge in [-0.2, -0.15) is 0 Å². The number of thiophene rings is 1. The topological polar surface area (TPSA) is 70.9 Å². The summed E-state index contributed by atoms with van der Waals surface area (Å²) in [7, 11) is 0. The molecular weight excluding hydrogens is 344 g/mol. The van der Waals surface area contributed by atoms with Crippen LogP contribution in [-0.2, 0) is 12.8 Å². The van der Waals surface area contributed by atoms with Crippen molar-refractivity contribution in [2.75, 3.05) is 11.9 Å². The highest BCUT2D eigenvalue weighted by molar-refractivity contribution is 7.19. The molecule has 0 bridgehead atoms. The molecule has 2 N–H and O–H groups in total. The second-order valence-corrected chi connectivity index (χ2v) is 7.87. The molecule has 1 aliphatic rings. The number of aryl methyl sites for hydroxylation is 2. The highest BCUT2D eigenvalue weighted by Gasteiger charge is 2.22. The minimum absolute atomic E-state index is 0.178. The van der Waals surface area contributed by atoms with E-state index in [1.165, 1.54) is 28.7 Å². The maximum absolute atomic E-state index is 9.36. The summed E-state index contributed by atoms with van der Waals surface area (Å²) in [6.45, 7) is 2.31. The van der Waals surface area contributed by atoms with Gasteiger partial charge >= 0.3 is 0 Å². The van der Waals surface area contributed by atoms with E-state index in [1.807, 2.05) is 29.7 Å². The summed E-state index contributed by atoms with van der Waals surface area (Å²) >= 11 is 1.81. The summed E-state index contributed by atoms with van der Waals surface area (Å²) in [5.41, 5.74) is 2.36. The summed E-state index contributed by atoms with van der Waals surface area (Å²) in [5.74, 6) is 1.62. The van der Waals surface area contributed by atoms with Gasteiger partial charge in [0.1, 0.15) is 10.6 Å². The number of aliphatic hydroxyl groups is 1. The molecule has 1 unspecified atom stereocenters. The summed E-state index contributed by atoms with van der Waals surface area (Å²) in [6.07, 6.45) is 9.98. The van der Waals surface area contributed by atoms with Crippen LogP contribution in [0, 0.1) is 0 Å². The fourth-order valence-corrected chi connectivity index (χ4v) is 4.87. The second-order valence-electron chi connectivity index (χ2n) is 6.79. The van der Waals surface area contributed by atoms with Crippen molar-refractivity contribution in [1.29, 1.82) is 0 Å². The zero-order valence-electron chi connectivity index (χ0n) is 15.0. The van der Waals surface area contributed by atoms with Gasteiger partial charge in [-0.25, -0.2) is 9.97 Å². The largest absolute Gasteiger partial charge is 0.396 e. The van der Waals surface area contributed by atoms with E-state index in [0.717, 1.165) is 41.9 Å². The molecule has 4 rings (SSSR count). The van der Waals surface area contributed by atoms with Crippen LogP contribution in [0.4, 0.5) is 5.82 Å². The van der Waals surface area contributed by atoms with E-state index >= 15 is 0 Å². The summed E-state index contributed by atoms with van der Waals surface area (Å²) in [4.78, 5) is 16.5. The number of pyridine rings is 1. The number of aliphatic hydroxyl groups excluding tert-OH is 1. The first-order valence-electron chi connectivity index (χ1n) is 9.40. The van der Waals surface area contributed by atoms with Crippen molar-refractivity contribution in [3.8, 4) is 11.4 Å². The predicted molar refractivity (Wildman–Crippen MR) is 107 cm³/mol. The third-order valence-corrected chi connectivity index (χ3v) is 6.23. The normalized spacial score (nSPS) is 15.0. The highest BCUT2D eigenvalue weighted by Crippen LogP contribution is 2.39. The number of aromatic nitrogens is 3. The summed E-state index contributed by atoms with van der Waals surface area (Å²) < 4.78 is 0. The van der Waals surface area contributed by atoms with Crippen molar-refractivity contribution in [3.05, 3.63) is 35.0 Å². The van der Waals surface area contributed by atoms with E-state index in [0.29, 0.717) is 5.82 Å². The minimum Gasteiger partial charge on any atom is -0.396 e. The zero-order chi connectivity index (χ0) is 17.9. The molecule has 3 aromatic heterocycles. The molecule has 0 fully saturated rings. The smallest absolute Gasteiger partial charge is 0.164 e. The van der Waals surface area contributed by atoms with Gasteiger partial charge in [-0.15, -0.1) is 11.3 Å². The van der Waals surface area contributed by atoms with Gasteiger partial charge in [0.25, 0.3) is 0 Å². The highest BCUT2D eigenvalue weighted by atomic mass is 32.1. The van der Waals surface area contributed by atoms with Crippen LogP contribution >= 0.6 is 11.3 Å². The number of hydrogen-bond donors (Lipinski definition) is 2. The molecular formula is C20H24N4OS. The Bertz CT molecular complexity index is 894. The van der Waals surface area contributed by atoms with Crippen LogP contribution in [0.5, 0.6) is 0 Å². The Hall–Kier alpha value is -2.05. The first-order chi connectivity index (χ1) is 12.8. The average molecular weight is 369 g/mol. The SMILES string of the molecule is CCC(CCO)Nc1nc(-c2cccnc2)nc2sc3c(c12)CCCC3. The quantitative estimate of drug-likeness (QED) is 0.682. The Kier molecular flexibility index (Phi) is 5.13. The van der Waals surface area contributed by atoms with Crippen LogP contribution in [-0.4, -0.2) is 32.7 Å². The lowest BCUT2D eigenvalue weighted by Gasteiger charge is -2.19. The van der Waals surface area contributed by atoms with Gasteiger partial charge in [-0.05, 0) is 56.2 Å². The molecule has 1 atom stereocenters. The molecule has 3 heterocycles. The molecule has 136 valence electrons. The van der Waals surface area contributed by atoms with Crippen molar-refractivity contribution in [2.45, 2.75) is 51.5 Å². The van der Waals surface area contributed by atoms with E-state index in [1.54, 1.807) is 6.20 Å². The lowest BCUT2D eigenvalue weighted by atomic mass is 9.97. The summed E-state index contributed by atoms with van der Waals surface area (Å²) in [6, 6.07) is 4.12. The van der Waals surface area contributed by atoms with E-state index < -0.39 is 0 Å². The van der Waals surface area contributed by atoms with Crippen LogP contribution in [0.3, 0.4) is 0 Å². The van der Waals surface area contributed by atoms with Crippen LogP contribution < -0.4 is 5.32 Å². The first-order valence-corrected chi connectivity index (χ1v) is 10.2. The van der Waals surface area contributed by atoms with E-state index in [2.05, 4.69) is 17.2 Å². The van der Waals surface area contributed by atoms with Gasteiger partial charge in [0, 0.05) is 35.5 Å². The molecule has 0 radical (unpaired) electrons. The number of nitrogens with one attached hydrogen (secondary N) is 1. The minimum atomic E-state index is 0.178. The maximum Gasteiger partial charge on any atom is 0.164 e. The molecule has 6 heteroatoms. The van der Waals surface area contributed by atoms with Crippen LogP contribution in [0.15, 0.2) is 24.5 Å². The molecule has 3 aromatic rings. The molecule has 0 saturated heterocycles. The van der Waals surface area contributed by atoms with E-state index in [9.17, 15) is 5.11 Å². The summed E-state index contributed by atoms with van der Waals surface area (Å²) in [5, 5.41) is 14.1. The first kappa shape index (κ1) is 17.4. The molecule has 0 spiro atoms. The predicted octanol–water partition coefficient (Wildman–Crippen LogP) is 4.21. The zero-order valence-corrected chi connectivity index (χ0v) is 15.9. The molecule has 0 amide bonds. The van der Waals surface area contributed by atoms with Crippen molar-refractivity contribution in [2.24, 2.45) is 0 Å². The van der Waals surface area contributed by atoms with Crippen molar-refractivity contribution in [1.82, 2.24) is 15.0 Å². The lowest BCUT2D eigenvalue weighted by Crippen LogP contribution is -2.21. The lowest BCUT2D eigenvalue weighted by molar-refractivity contribution is 0.278. The van der Waals surface area contributed by atoms with Crippen LogP contribution in [0.1, 0.15) is 43.0 Å². The Morgan fingerprint density at radius 3 is 2.92 bits per heavy atom. The fourth-order valence-electron chi connectivity index (χ4n) is 3.61. The van der Waals surface area contributed by atoms with Crippen molar-refractivity contribution in [3.63, 3.8) is 0 Å². The van der Waals surface area contributed by atoms with Crippen molar-refractivity contribution < 1.29 is 5.11 Å². The molecule has 5 nitrogen and oxygen atoms in total. The average Bonchev–Trinajstić information content (AvgIpc) is 3.07. The number of hydrogen-bond acceptors (Lipinski definition) is 6. The third-order valence-electron chi connectivity index (χ3n) is 5.05. The Morgan fingerprint density at radius 2 is 2.15 bits per heavy atom. The van der Waals surface area contributed by atoms with Gasteiger partial charge in [0.05, 0.1) is 5.39 Å². The second kappa shape index (κ2) is 7.68. The molecule has 0 saturated carbocycles. The Labute approximate surface area is 157 Å². The number of nitrogens with zero attached hydrogens (tertiary/aromatic N) is 3. The van der Waals surface area contributed by atoms with Gasteiger partial charge in [-0.3, -0.25) is 4.98 Å². The Morgan fingerprint density at radius 1 is 1.27 bits per heavy atom. The number of rotatable bonds is 6. The van der Waals surface area contributed by atoms with Gasteiger partial charge in [0.15, 0.2) is 5.82 Å². The van der Waals surface area contributed by atoms with E-state index in [-0.39, 0.29) is 12.6 Å².